The number of aromatic nitrogens is 2. The molecule has 2 N–H and O–H groups in total. The number of benzene rings is 1. The van der Waals surface area contributed by atoms with Crippen molar-refractivity contribution < 1.29 is 4.79 Å². The average Bonchev–Trinajstić information content (AvgIpc) is 2.54. The number of rotatable bonds is 6. The standard InChI is InChI=1S/C16H21N5O/c1-17-15-11-18-10-14(20-15)12-5-4-6-13(9-12)16(22)19-7-8-21(2)3/h4-6,9-11H,7-8H2,1-3H3,(H,17,20)(H,19,22). The number of likely N-dealkylation sites (N-methyl/N-ethyl adjacent to an activating group) is 1. The molecule has 2 rings (SSSR count). The van der Waals surface area contributed by atoms with E-state index in [0.29, 0.717) is 17.9 Å². The van der Waals surface area contributed by atoms with Crippen LogP contribution in [0.25, 0.3) is 11.3 Å². The van der Waals surface area contributed by atoms with E-state index in [1.807, 2.05) is 37.2 Å². The monoisotopic (exact) mass is 299 g/mol. The summed E-state index contributed by atoms with van der Waals surface area (Å²) >= 11 is 0. The van der Waals surface area contributed by atoms with Crippen LogP contribution in [0.1, 0.15) is 10.4 Å². The largest absolute Gasteiger partial charge is 0.372 e. The summed E-state index contributed by atoms with van der Waals surface area (Å²) in [5.74, 6) is 0.611. The first-order chi connectivity index (χ1) is 10.6. The molecule has 1 heterocycles. The lowest BCUT2D eigenvalue weighted by molar-refractivity contribution is 0.0951. The van der Waals surface area contributed by atoms with Gasteiger partial charge in [-0.3, -0.25) is 9.78 Å². The minimum atomic E-state index is -0.0820. The molecule has 0 aliphatic heterocycles. The second-order valence-electron chi connectivity index (χ2n) is 5.18. The van der Waals surface area contributed by atoms with Crippen molar-refractivity contribution in [1.29, 1.82) is 0 Å². The Kier molecular flexibility index (Phi) is 5.43. The molecule has 0 spiro atoms. The Bertz CT molecular complexity index is 642. The number of amides is 1. The van der Waals surface area contributed by atoms with Crippen molar-refractivity contribution in [2.75, 3.05) is 39.5 Å². The van der Waals surface area contributed by atoms with Crippen molar-refractivity contribution in [2.45, 2.75) is 0 Å². The van der Waals surface area contributed by atoms with Crippen molar-refractivity contribution >= 4 is 11.7 Å². The third-order valence-corrected chi connectivity index (χ3v) is 3.16. The van der Waals surface area contributed by atoms with Crippen LogP contribution < -0.4 is 10.6 Å². The van der Waals surface area contributed by atoms with Crippen LogP contribution in [0.3, 0.4) is 0 Å². The van der Waals surface area contributed by atoms with E-state index in [2.05, 4.69) is 20.6 Å². The molecular weight excluding hydrogens is 278 g/mol. The van der Waals surface area contributed by atoms with Crippen molar-refractivity contribution in [2.24, 2.45) is 0 Å². The molecule has 1 aromatic carbocycles. The molecule has 0 bridgehead atoms. The van der Waals surface area contributed by atoms with Crippen LogP contribution >= 0.6 is 0 Å². The van der Waals surface area contributed by atoms with Gasteiger partial charge in [-0.1, -0.05) is 12.1 Å². The van der Waals surface area contributed by atoms with Crippen LogP contribution in [0.4, 0.5) is 5.82 Å². The molecule has 6 heteroatoms. The number of carbonyl (C=O) groups excluding carboxylic acids is 1. The lowest BCUT2D eigenvalue weighted by Gasteiger charge is -2.11. The van der Waals surface area contributed by atoms with Crippen molar-refractivity contribution in [3.63, 3.8) is 0 Å². The number of hydrogen-bond acceptors (Lipinski definition) is 5. The Morgan fingerprint density at radius 1 is 1.27 bits per heavy atom. The van der Waals surface area contributed by atoms with E-state index >= 15 is 0 Å². The fourth-order valence-electron chi connectivity index (χ4n) is 1.94. The predicted octanol–water partition coefficient (Wildman–Crippen LogP) is 1.48. The molecule has 2 aromatic rings. The quantitative estimate of drug-likeness (QED) is 0.845. The van der Waals surface area contributed by atoms with Crippen molar-refractivity contribution in [3.05, 3.63) is 42.2 Å². The Morgan fingerprint density at radius 2 is 2.09 bits per heavy atom. The van der Waals surface area contributed by atoms with Gasteiger partial charge in [0.2, 0.25) is 0 Å². The van der Waals surface area contributed by atoms with E-state index in [4.69, 9.17) is 0 Å². The fourth-order valence-corrected chi connectivity index (χ4v) is 1.94. The molecule has 22 heavy (non-hydrogen) atoms. The van der Waals surface area contributed by atoms with Gasteiger partial charge < -0.3 is 15.5 Å². The first-order valence-electron chi connectivity index (χ1n) is 7.13. The van der Waals surface area contributed by atoms with Gasteiger partial charge >= 0.3 is 0 Å². The van der Waals surface area contributed by atoms with Crippen LogP contribution in [0.5, 0.6) is 0 Å². The molecule has 116 valence electrons. The van der Waals surface area contributed by atoms with E-state index in [-0.39, 0.29) is 5.91 Å². The molecule has 0 fully saturated rings. The molecule has 1 aromatic heterocycles. The van der Waals surface area contributed by atoms with E-state index < -0.39 is 0 Å². The number of carbonyl (C=O) groups is 1. The first kappa shape index (κ1) is 15.9. The molecule has 0 saturated heterocycles. The summed E-state index contributed by atoms with van der Waals surface area (Å²) in [5, 5.41) is 5.86. The molecule has 0 saturated carbocycles. The lowest BCUT2D eigenvalue weighted by Crippen LogP contribution is -2.31. The number of nitrogens with one attached hydrogen (secondary N) is 2. The average molecular weight is 299 g/mol. The van der Waals surface area contributed by atoms with Gasteiger partial charge in [0, 0.05) is 31.3 Å². The smallest absolute Gasteiger partial charge is 0.251 e. The Balaban J connectivity index is 2.13. The van der Waals surface area contributed by atoms with Gasteiger partial charge in [-0.15, -0.1) is 0 Å². The zero-order valence-electron chi connectivity index (χ0n) is 13.1. The highest BCUT2D eigenvalue weighted by atomic mass is 16.1. The highest BCUT2D eigenvalue weighted by Crippen LogP contribution is 2.18. The highest BCUT2D eigenvalue weighted by molar-refractivity contribution is 5.95. The Morgan fingerprint density at radius 3 is 2.82 bits per heavy atom. The van der Waals surface area contributed by atoms with Gasteiger partial charge in [0.25, 0.3) is 5.91 Å². The van der Waals surface area contributed by atoms with E-state index in [1.165, 1.54) is 0 Å². The third-order valence-electron chi connectivity index (χ3n) is 3.16. The normalized spacial score (nSPS) is 10.5. The second-order valence-corrected chi connectivity index (χ2v) is 5.18. The number of hydrogen-bond donors (Lipinski definition) is 2. The third kappa shape index (κ3) is 4.26. The number of nitrogens with zero attached hydrogens (tertiary/aromatic N) is 3. The fraction of sp³-hybridized carbons (Fsp3) is 0.312. The summed E-state index contributed by atoms with van der Waals surface area (Å²) in [6.07, 6.45) is 3.34. The maximum atomic E-state index is 12.2. The van der Waals surface area contributed by atoms with Gasteiger partial charge in [0.1, 0.15) is 5.82 Å². The van der Waals surface area contributed by atoms with Crippen LogP contribution in [-0.2, 0) is 0 Å². The molecule has 0 atom stereocenters. The van der Waals surface area contributed by atoms with Gasteiger partial charge in [-0.2, -0.15) is 0 Å². The highest BCUT2D eigenvalue weighted by Gasteiger charge is 2.08. The van der Waals surface area contributed by atoms with Gasteiger partial charge in [0.05, 0.1) is 18.1 Å². The molecule has 1 amide bonds. The SMILES string of the molecule is CNc1cncc(-c2cccc(C(=O)NCCN(C)C)c2)n1. The molecule has 6 nitrogen and oxygen atoms in total. The van der Waals surface area contributed by atoms with Crippen LogP contribution in [0.15, 0.2) is 36.7 Å². The summed E-state index contributed by atoms with van der Waals surface area (Å²) < 4.78 is 0. The molecule has 0 aliphatic carbocycles. The van der Waals surface area contributed by atoms with E-state index in [0.717, 1.165) is 17.8 Å². The van der Waals surface area contributed by atoms with Crippen LogP contribution in [-0.4, -0.2) is 55.0 Å². The molecular formula is C16H21N5O. The zero-order chi connectivity index (χ0) is 15.9. The minimum absolute atomic E-state index is 0.0820. The van der Waals surface area contributed by atoms with Crippen molar-refractivity contribution in [3.8, 4) is 11.3 Å². The van der Waals surface area contributed by atoms with Gasteiger partial charge in [-0.25, -0.2) is 4.98 Å². The zero-order valence-corrected chi connectivity index (χ0v) is 13.1. The van der Waals surface area contributed by atoms with Gasteiger partial charge in [0.15, 0.2) is 0 Å². The maximum absolute atomic E-state index is 12.2. The second kappa shape index (κ2) is 7.51. The predicted molar refractivity (Wildman–Crippen MR) is 87.9 cm³/mol. The summed E-state index contributed by atoms with van der Waals surface area (Å²) in [7, 11) is 5.74. The number of anilines is 1. The van der Waals surface area contributed by atoms with E-state index in [1.54, 1.807) is 25.5 Å². The Hall–Kier alpha value is -2.47. The molecule has 0 unspecified atom stereocenters. The molecule has 0 radical (unpaired) electrons. The maximum Gasteiger partial charge on any atom is 0.251 e. The van der Waals surface area contributed by atoms with Gasteiger partial charge in [-0.05, 0) is 26.2 Å². The van der Waals surface area contributed by atoms with E-state index in [9.17, 15) is 4.79 Å². The topological polar surface area (TPSA) is 70.2 Å². The molecule has 0 aliphatic rings. The van der Waals surface area contributed by atoms with Crippen LogP contribution in [0, 0.1) is 0 Å². The summed E-state index contributed by atoms with van der Waals surface area (Å²) in [5.41, 5.74) is 2.22. The minimum Gasteiger partial charge on any atom is -0.372 e. The lowest BCUT2D eigenvalue weighted by atomic mass is 10.1. The first-order valence-corrected chi connectivity index (χ1v) is 7.13. The summed E-state index contributed by atoms with van der Waals surface area (Å²) in [4.78, 5) is 22.8. The van der Waals surface area contributed by atoms with Crippen molar-refractivity contribution in [1.82, 2.24) is 20.2 Å². The summed E-state index contributed by atoms with van der Waals surface area (Å²) in [6.45, 7) is 1.42. The van der Waals surface area contributed by atoms with Crippen LogP contribution in [0.2, 0.25) is 0 Å². The Labute approximate surface area is 130 Å². The summed E-state index contributed by atoms with van der Waals surface area (Å²) in [6, 6.07) is 7.39.